The largest absolute Gasteiger partial charge is 0.493 e. The van der Waals surface area contributed by atoms with Crippen molar-refractivity contribution in [3.8, 4) is 17.2 Å². The summed E-state index contributed by atoms with van der Waals surface area (Å²) in [6, 6.07) is 2.44. The third-order valence-electron chi connectivity index (χ3n) is 4.16. The van der Waals surface area contributed by atoms with Crippen LogP contribution in [0.4, 0.5) is 0 Å². The zero-order chi connectivity index (χ0) is 15.2. The predicted octanol–water partition coefficient (Wildman–Crippen LogP) is 3.48. The van der Waals surface area contributed by atoms with E-state index in [4.69, 9.17) is 14.2 Å². The molecule has 1 aliphatic heterocycles. The third kappa shape index (κ3) is 3.26. The monoisotopic (exact) mass is 293 g/mol. The molecule has 1 aromatic rings. The van der Waals surface area contributed by atoms with Crippen LogP contribution < -0.4 is 19.5 Å². The first-order valence-electron chi connectivity index (χ1n) is 7.81. The molecule has 0 amide bonds. The lowest BCUT2D eigenvalue weighted by Crippen LogP contribution is -2.21. The molecule has 2 rings (SSSR count). The second-order valence-corrected chi connectivity index (χ2v) is 5.47. The van der Waals surface area contributed by atoms with E-state index >= 15 is 0 Å². The van der Waals surface area contributed by atoms with Gasteiger partial charge in [-0.05, 0) is 37.4 Å². The first-order chi connectivity index (χ1) is 10.3. The van der Waals surface area contributed by atoms with Crippen LogP contribution in [0.3, 0.4) is 0 Å². The lowest BCUT2D eigenvalue weighted by atomic mass is 9.93. The number of methoxy groups -OCH3 is 3. The number of rotatable bonds is 6. The van der Waals surface area contributed by atoms with Crippen molar-refractivity contribution in [1.82, 2.24) is 5.32 Å². The summed E-state index contributed by atoms with van der Waals surface area (Å²) in [4.78, 5) is 0. The third-order valence-corrected chi connectivity index (χ3v) is 4.16. The van der Waals surface area contributed by atoms with E-state index in [-0.39, 0.29) is 0 Å². The molecule has 1 aliphatic rings. The first-order valence-corrected chi connectivity index (χ1v) is 7.81. The van der Waals surface area contributed by atoms with Crippen molar-refractivity contribution in [2.24, 2.45) is 0 Å². The highest BCUT2D eigenvalue weighted by Crippen LogP contribution is 2.46. The summed E-state index contributed by atoms with van der Waals surface area (Å²) in [6.45, 7) is 3.26. The number of unbranched alkanes of at least 4 members (excludes halogenated alkanes) is 1. The molecule has 0 aromatic heterocycles. The number of fused-ring (bicyclic) bond motifs is 1. The van der Waals surface area contributed by atoms with Gasteiger partial charge in [0, 0.05) is 11.6 Å². The van der Waals surface area contributed by atoms with Gasteiger partial charge in [-0.25, -0.2) is 0 Å². The normalized spacial score (nSPS) is 17.8. The number of hydrogen-bond acceptors (Lipinski definition) is 4. The molecule has 0 saturated heterocycles. The molecule has 0 radical (unpaired) electrons. The van der Waals surface area contributed by atoms with Crippen LogP contribution in [-0.4, -0.2) is 27.9 Å². The summed E-state index contributed by atoms with van der Waals surface area (Å²) in [7, 11) is 5.05. The quantitative estimate of drug-likeness (QED) is 0.871. The van der Waals surface area contributed by atoms with Crippen LogP contribution in [0.2, 0.25) is 0 Å². The Morgan fingerprint density at radius 1 is 1.14 bits per heavy atom. The molecule has 1 atom stereocenters. The summed E-state index contributed by atoms with van der Waals surface area (Å²) in [5.74, 6) is 2.27. The van der Waals surface area contributed by atoms with Gasteiger partial charge in [0.1, 0.15) is 0 Å². The predicted molar refractivity (Wildman–Crippen MR) is 84.7 cm³/mol. The maximum atomic E-state index is 5.70. The number of aryl methyl sites for hydroxylation is 1. The van der Waals surface area contributed by atoms with Gasteiger partial charge in [-0.1, -0.05) is 19.8 Å². The molecular weight excluding hydrogens is 266 g/mol. The van der Waals surface area contributed by atoms with Gasteiger partial charge in [0.05, 0.1) is 21.3 Å². The summed E-state index contributed by atoms with van der Waals surface area (Å²) < 4.78 is 16.7. The van der Waals surface area contributed by atoms with Crippen LogP contribution in [0.1, 0.15) is 49.8 Å². The maximum absolute atomic E-state index is 5.70. The lowest BCUT2D eigenvalue weighted by molar-refractivity contribution is 0.318. The Kier molecular flexibility index (Phi) is 5.74. The lowest BCUT2D eigenvalue weighted by Gasteiger charge is -2.24. The number of hydrogen-bond donors (Lipinski definition) is 1. The van der Waals surface area contributed by atoms with Crippen molar-refractivity contribution in [3.05, 3.63) is 17.2 Å². The highest BCUT2D eigenvalue weighted by atomic mass is 16.5. The van der Waals surface area contributed by atoms with Crippen LogP contribution in [0, 0.1) is 0 Å². The number of nitrogens with one attached hydrogen (secondary N) is 1. The topological polar surface area (TPSA) is 39.7 Å². The summed E-state index contributed by atoms with van der Waals surface area (Å²) in [5, 5.41) is 3.66. The van der Waals surface area contributed by atoms with E-state index < -0.39 is 0 Å². The van der Waals surface area contributed by atoms with E-state index in [2.05, 4.69) is 18.3 Å². The smallest absolute Gasteiger partial charge is 0.203 e. The second-order valence-electron chi connectivity index (χ2n) is 5.47. The Labute approximate surface area is 127 Å². The fourth-order valence-electron chi connectivity index (χ4n) is 3.13. The van der Waals surface area contributed by atoms with Crippen molar-refractivity contribution in [2.75, 3.05) is 27.9 Å². The molecule has 0 bridgehead atoms. The highest BCUT2D eigenvalue weighted by molar-refractivity contribution is 5.60. The van der Waals surface area contributed by atoms with Gasteiger partial charge in [-0.15, -0.1) is 0 Å². The van der Waals surface area contributed by atoms with E-state index in [0.717, 1.165) is 37.3 Å². The fourth-order valence-corrected chi connectivity index (χ4v) is 3.13. The average Bonchev–Trinajstić information content (AvgIpc) is 2.72. The van der Waals surface area contributed by atoms with Crippen LogP contribution >= 0.6 is 0 Å². The summed E-state index contributed by atoms with van der Waals surface area (Å²) in [5.41, 5.74) is 2.57. The molecule has 0 unspecified atom stereocenters. The van der Waals surface area contributed by atoms with Gasteiger partial charge in [0.25, 0.3) is 0 Å². The van der Waals surface area contributed by atoms with Gasteiger partial charge in [0.15, 0.2) is 11.5 Å². The van der Waals surface area contributed by atoms with Crippen molar-refractivity contribution < 1.29 is 14.2 Å². The standard InChI is InChI=1S/C17H27NO3/c1-5-6-9-13-15-12(8-7-10-18-13)11-14(19-2)16(20-3)17(15)21-4/h11,13,18H,5-10H2,1-4H3/t13-/m1/s1. The van der Waals surface area contributed by atoms with Gasteiger partial charge in [-0.2, -0.15) is 0 Å². The van der Waals surface area contributed by atoms with Crippen molar-refractivity contribution >= 4 is 0 Å². The van der Waals surface area contributed by atoms with Crippen LogP contribution in [0.5, 0.6) is 17.2 Å². The molecule has 4 nitrogen and oxygen atoms in total. The Morgan fingerprint density at radius 2 is 1.90 bits per heavy atom. The summed E-state index contributed by atoms with van der Waals surface area (Å²) >= 11 is 0. The van der Waals surface area contributed by atoms with E-state index in [0.29, 0.717) is 11.8 Å². The fraction of sp³-hybridized carbons (Fsp3) is 0.647. The number of ether oxygens (including phenoxy) is 3. The molecule has 0 fully saturated rings. The summed E-state index contributed by atoms with van der Waals surface area (Å²) in [6.07, 6.45) is 5.70. The molecule has 118 valence electrons. The van der Waals surface area contributed by atoms with Gasteiger partial charge < -0.3 is 19.5 Å². The zero-order valence-electron chi connectivity index (χ0n) is 13.6. The second kappa shape index (κ2) is 7.55. The molecule has 21 heavy (non-hydrogen) atoms. The minimum atomic E-state index is 0.331. The van der Waals surface area contributed by atoms with Crippen LogP contribution in [-0.2, 0) is 6.42 Å². The van der Waals surface area contributed by atoms with Crippen LogP contribution in [0.25, 0.3) is 0 Å². The molecule has 1 aromatic carbocycles. The minimum absolute atomic E-state index is 0.331. The molecule has 1 N–H and O–H groups in total. The molecule has 1 heterocycles. The van der Waals surface area contributed by atoms with E-state index in [9.17, 15) is 0 Å². The SMILES string of the molecule is CCCC[C@H]1NCCCc2cc(OC)c(OC)c(OC)c21. The van der Waals surface area contributed by atoms with Crippen molar-refractivity contribution in [3.63, 3.8) is 0 Å². The Hall–Kier alpha value is -1.42. The Morgan fingerprint density at radius 3 is 2.52 bits per heavy atom. The molecule has 0 aliphatic carbocycles. The maximum Gasteiger partial charge on any atom is 0.203 e. The zero-order valence-corrected chi connectivity index (χ0v) is 13.6. The van der Waals surface area contributed by atoms with Gasteiger partial charge >= 0.3 is 0 Å². The number of benzene rings is 1. The van der Waals surface area contributed by atoms with Crippen LogP contribution in [0.15, 0.2) is 6.07 Å². The first kappa shape index (κ1) is 16.0. The van der Waals surface area contributed by atoms with Crippen molar-refractivity contribution in [2.45, 2.75) is 45.1 Å². The van der Waals surface area contributed by atoms with E-state index in [1.54, 1.807) is 21.3 Å². The molecule has 0 spiro atoms. The molecular formula is C17H27NO3. The van der Waals surface area contributed by atoms with Gasteiger partial charge in [-0.3, -0.25) is 0 Å². The van der Waals surface area contributed by atoms with Gasteiger partial charge in [0.2, 0.25) is 5.75 Å². The van der Waals surface area contributed by atoms with Crippen molar-refractivity contribution in [1.29, 1.82) is 0 Å². The Bertz CT molecular complexity index is 474. The average molecular weight is 293 g/mol. The Balaban J connectivity index is 2.53. The highest BCUT2D eigenvalue weighted by Gasteiger charge is 2.27. The van der Waals surface area contributed by atoms with E-state index in [1.165, 1.54) is 24.0 Å². The van der Waals surface area contributed by atoms with E-state index in [1.807, 2.05) is 0 Å². The molecule has 4 heteroatoms. The molecule has 0 saturated carbocycles. The minimum Gasteiger partial charge on any atom is -0.493 e.